The van der Waals surface area contributed by atoms with E-state index in [0.29, 0.717) is 21.9 Å². The molecule has 2 rings (SSSR count). The van der Waals surface area contributed by atoms with Crippen LogP contribution in [-0.4, -0.2) is 11.9 Å². The van der Waals surface area contributed by atoms with Crippen LogP contribution in [0.5, 0.6) is 0 Å². The Morgan fingerprint density at radius 2 is 2.19 bits per heavy atom. The van der Waals surface area contributed by atoms with Crippen LogP contribution in [0.25, 0.3) is 0 Å². The van der Waals surface area contributed by atoms with E-state index in [1.54, 1.807) is 6.07 Å². The second-order valence-electron chi connectivity index (χ2n) is 3.80. The Hall–Kier alpha value is -0.930. The first-order valence-electron chi connectivity index (χ1n) is 5.19. The molecule has 3 nitrogen and oxygen atoms in total. The molecule has 16 heavy (non-hydrogen) atoms. The third-order valence-electron chi connectivity index (χ3n) is 2.67. The van der Waals surface area contributed by atoms with E-state index < -0.39 is 0 Å². The van der Waals surface area contributed by atoms with Crippen molar-refractivity contribution in [1.82, 2.24) is 0 Å². The highest BCUT2D eigenvalue weighted by molar-refractivity contribution is 6.42. The summed E-state index contributed by atoms with van der Waals surface area (Å²) in [5, 5.41) is 7.31. The number of benzene rings is 1. The summed E-state index contributed by atoms with van der Waals surface area (Å²) in [4.78, 5) is 0. The summed E-state index contributed by atoms with van der Waals surface area (Å²) in [5.74, 6) is 0.665. The fourth-order valence-electron chi connectivity index (χ4n) is 1.80. The minimum atomic E-state index is 0.317. The highest BCUT2D eigenvalue weighted by atomic mass is 35.5. The molecule has 1 aliphatic rings. The predicted molar refractivity (Wildman–Crippen MR) is 69.3 cm³/mol. The maximum Gasteiger partial charge on any atom is 0.122 e. The van der Waals surface area contributed by atoms with Crippen LogP contribution >= 0.6 is 23.2 Å². The standard InChI is InChI=1S/C11H13Cl2N3/c1-2-7-6-11(14)15-16(7)8-3-4-9(12)10(13)5-8/h3-5,7H,2,6H2,1H3,(H2,14,15). The Kier molecular flexibility index (Phi) is 3.26. The van der Waals surface area contributed by atoms with E-state index in [1.807, 2.05) is 17.1 Å². The van der Waals surface area contributed by atoms with Gasteiger partial charge in [-0.2, -0.15) is 5.10 Å². The van der Waals surface area contributed by atoms with E-state index in [4.69, 9.17) is 28.9 Å². The van der Waals surface area contributed by atoms with Crippen molar-refractivity contribution in [2.75, 3.05) is 5.01 Å². The van der Waals surface area contributed by atoms with Crippen molar-refractivity contribution in [3.05, 3.63) is 28.2 Å². The lowest BCUT2D eigenvalue weighted by atomic mass is 10.1. The SMILES string of the molecule is CCC1CC(N)=NN1c1ccc(Cl)c(Cl)c1. The average molecular weight is 258 g/mol. The molecule has 1 aromatic carbocycles. The van der Waals surface area contributed by atoms with E-state index in [2.05, 4.69) is 12.0 Å². The summed E-state index contributed by atoms with van der Waals surface area (Å²) in [7, 11) is 0. The first-order chi connectivity index (χ1) is 7.61. The molecule has 1 unspecified atom stereocenters. The molecule has 0 radical (unpaired) electrons. The molecule has 0 saturated carbocycles. The lowest BCUT2D eigenvalue weighted by molar-refractivity contribution is 0.640. The molecule has 86 valence electrons. The van der Waals surface area contributed by atoms with Gasteiger partial charge in [-0.05, 0) is 24.6 Å². The largest absolute Gasteiger partial charge is 0.386 e. The van der Waals surface area contributed by atoms with Crippen molar-refractivity contribution >= 4 is 34.7 Å². The number of halogens is 2. The van der Waals surface area contributed by atoms with Crippen molar-refractivity contribution in [2.45, 2.75) is 25.8 Å². The smallest absolute Gasteiger partial charge is 0.122 e. The second-order valence-corrected chi connectivity index (χ2v) is 4.61. The van der Waals surface area contributed by atoms with Crippen LogP contribution in [0.15, 0.2) is 23.3 Å². The predicted octanol–water partition coefficient (Wildman–Crippen LogP) is 3.25. The first kappa shape index (κ1) is 11.6. The lowest BCUT2D eigenvalue weighted by Crippen LogP contribution is -2.25. The van der Waals surface area contributed by atoms with Crippen molar-refractivity contribution in [2.24, 2.45) is 10.8 Å². The van der Waals surface area contributed by atoms with Gasteiger partial charge in [0.2, 0.25) is 0 Å². The normalized spacial score (nSPS) is 20.1. The van der Waals surface area contributed by atoms with Crippen molar-refractivity contribution < 1.29 is 0 Å². The first-order valence-corrected chi connectivity index (χ1v) is 5.94. The second kappa shape index (κ2) is 4.52. The Bertz CT molecular complexity index is 431. The zero-order chi connectivity index (χ0) is 11.7. The van der Waals surface area contributed by atoms with Gasteiger partial charge in [-0.1, -0.05) is 30.1 Å². The number of hydrogen-bond acceptors (Lipinski definition) is 3. The molecule has 0 fully saturated rings. The maximum atomic E-state index is 5.98. The fourth-order valence-corrected chi connectivity index (χ4v) is 2.09. The molecule has 0 bridgehead atoms. The third kappa shape index (κ3) is 2.11. The van der Waals surface area contributed by atoms with Gasteiger partial charge in [-0.3, -0.25) is 5.01 Å². The molecular weight excluding hydrogens is 245 g/mol. The van der Waals surface area contributed by atoms with Gasteiger partial charge < -0.3 is 5.73 Å². The number of hydrazone groups is 1. The molecule has 1 heterocycles. The zero-order valence-electron chi connectivity index (χ0n) is 8.95. The molecule has 1 aromatic rings. The molecular formula is C11H13Cl2N3. The van der Waals surface area contributed by atoms with Gasteiger partial charge in [0.05, 0.1) is 21.8 Å². The van der Waals surface area contributed by atoms with Crippen LogP contribution in [0.3, 0.4) is 0 Å². The van der Waals surface area contributed by atoms with Crippen LogP contribution in [0.4, 0.5) is 5.69 Å². The highest BCUT2D eigenvalue weighted by Gasteiger charge is 2.24. The third-order valence-corrected chi connectivity index (χ3v) is 3.40. The summed E-state index contributed by atoms with van der Waals surface area (Å²) >= 11 is 11.9. The quantitative estimate of drug-likeness (QED) is 0.884. The molecule has 0 aliphatic carbocycles. The van der Waals surface area contributed by atoms with Gasteiger partial charge in [0.25, 0.3) is 0 Å². The molecule has 0 aromatic heterocycles. The summed E-state index contributed by atoms with van der Waals surface area (Å²) in [6.07, 6.45) is 1.79. The lowest BCUT2D eigenvalue weighted by Gasteiger charge is -2.22. The average Bonchev–Trinajstić information content (AvgIpc) is 2.63. The Labute approximate surface area is 105 Å². The number of hydrogen-bond donors (Lipinski definition) is 1. The van der Waals surface area contributed by atoms with E-state index in [0.717, 1.165) is 18.5 Å². The fraction of sp³-hybridized carbons (Fsp3) is 0.364. The van der Waals surface area contributed by atoms with Gasteiger partial charge in [0, 0.05) is 6.42 Å². The van der Waals surface area contributed by atoms with Crippen LogP contribution < -0.4 is 10.7 Å². The van der Waals surface area contributed by atoms with Crippen molar-refractivity contribution in [3.8, 4) is 0 Å². The van der Waals surface area contributed by atoms with Gasteiger partial charge >= 0.3 is 0 Å². The number of rotatable bonds is 2. The number of nitrogens with zero attached hydrogens (tertiary/aromatic N) is 2. The van der Waals surface area contributed by atoms with Crippen LogP contribution in [0.1, 0.15) is 19.8 Å². The summed E-state index contributed by atoms with van der Waals surface area (Å²) in [6, 6.07) is 5.81. The summed E-state index contributed by atoms with van der Waals surface area (Å²) in [5.41, 5.74) is 6.68. The van der Waals surface area contributed by atoms with Gasteiger partial charge in [-0.15, -0.1) is 0 Å². The van der Waals surface area contributed by atoms with Crippen LogP contribution in [0.2, 0.25) is 10.0 Å². The maximum absolute atomic E-state index is 5.98. The zero-order valence-corrected chi connectivity index (χ0v) is 10.5. The van der Waals surface area contributed by atoms with Crippen molar-refractivity contribution in [3.63, 3.8) is 0 Å². The monoisotopic (exact) mass is 257 g/mol. The van der Waals surface area contributed by atoms with Crippen molar-refractivity contribution in [1.29, 1.82) is 0 Å². The highest BCUT2D eigenvalue weighted by Crippen LogP contribution is 2.31. The summed E-state index contributed by atoms with van der Waals surface area (Å²) < 4.78 is 0. The Balaban J connectivity index is 2.32. The molecule has 5 heteroatoms. The molecule has 0 spiro atoms. The molecule has 1 atom stereocenters. The van der Waals surface area contributed by atoms with Gasteiger partial charge in [0.15, 0.2) is 0 Å². The Morgan fingerprint density at radius 3 is 2.81 bits per heavy atom. The van der Waals surface area contributed by atoms with E-state index in [9.17, 15) is 0 Å². The van der Waals surface area contributed by atoms with E-state index in [1.165, 1.54) is 0 Å². The topological polar surface area (TPSA) is 41.6 Å². The molecule has 1 aliphatic heterocycles. The Morgan fingerprint density at radius 1 is 1.44 bits per heavy atom. The number of amidine groups is 1. The number of nitrogens with two attached hydrogens (primary N) is 1. The van der Waals surface area contributed by atoms with Crippen LogP contribution in [0, 0.1) is 0 Å². The minimum absolute atomic E-state index is 0.317. The number of anilines is 1. The van der Waals surface area contributed by atoms with Gasteiger partial charge in [-0.25, -0.2) is 0 Å². The van der Waals surface area contributed by atoms with Gasteiger partial charge in [0.1, 0.15) is 5.84 Å². The minimum Gasteiger partial charge on any atom is -0.386 e. The van der Waals surface area contributed by atoms with Crippen LogP contribution in [-0.2, 0) is 0 Å². The summed E-state index contributed by atoms with van der Waals surface area (Å²) in [6.45, 7) is 2.11. The molecule has 0 amide bonds. The molecule has 2 N–H and O–H groups in total. The van der Waals surface area contributed by atoms with E-state index >= 15 is 0 Å². The van der Waals surface area contributed by atoms with E-state index in [-0.39, 0.29) is 0 Å². The molecule has 0 saturated heterocycles.